The van der Waals surface area contributed by atoms with E-state index in [1.54, 1.807) is 0 Å². The molecule has 2 aliphatic rings. The molecule has 0 bridgehead atoms. The lowest BCUT2D eigenvalue weighted by molar-refractivity contribution is 0.0716. The maximum absolute atomic E-state index is 5.52. The summed E-state index contributed by atoms with van der Waals surface area (Å²) < 4.78 is 5.52. The molecule has 5 heteroatoms. The van der Waals surface area contributed by atoms with Crippen molar-refractivity contribution in [2.24, 2.45) is 5.41 Å². The van der Waals surface area contributed by atoms with Crippen LogP contribution >= 0.6 is 0 Å². The molecule has 0 unspecified atom stereocenters. The first-order valence-corrected chi connectivity index (χ1v) is 10.4. The number of nitrogens with one attached hydrogen (secondary N) is 1. The monoisotopic (exact) mass is 380 g/mol. The van der Waals surface area contributed by atoms with Crippen LogP contribution in [0, 0.1) is 5.41 Å². The summed E-state index contributed by atoms with van der Waals surface area (Å²) in [4.78, 5) is 11.9. The maximum atomic E-state index is 5.52. The zero-order valence-electron chi connectivity index (χ0n) is 17.3. The fourth-order valence-corrected chi connectivity index (χ4v) is 4.45. The van der Waals surface area contributed by atoms with Gasteiger partial charge in [-0.3, -0.25) is 0 Å². The molecule has 1 aromatic carbocycles. The van der Waals surface area contributed by atoms with Crippen LogP contribution in [0.25, 0.3) is 0 Å². The number of hydrogen-bond donors (Lipinski definition) is 1. The molecule has 0 saturated carbocycles. The Morgan fingerprint density at radius 2 is 1.93 bits per heavy atom. The van der Waals surface area contributed by atoms with Crippen LogP contribution in [0.5, 0.6) is 0 Å². The van der Waals surface area contributed by atoms with Gasteiger partial charge < -0.3 is 15.0 Å². The van der Waals surface area contributed by atoms with Gasteiger partial charge in [-0.1, -0.05) is 44.2 Å². The molecule has 5 nitrogen and oxygen atoms in total. The Morgan fingerprint density at radius 1 is 1.18 bits per heavy atom. The van der Waals surface area contributed by atoms with Crippen LogP contribution in [0.3, 0.4) is 0 Å². The van der Waals surface area contributed by atoms with Crippen LogP contribution in [0.2, 0.25) is 0 Å². The molecule has 1 saturated heterocycles. The molecule has 28 heavy (non-hydrogen) atoms. The summed E-state index contributed by atoms with van der Waals surface area (Å²) in [6, 6.07) is 11.3. The molecule has 2 heterocycles. The third-order valence-electron chi connectivity index (χ3n) is 5.93. The van der Waals surface area contributed by atoms with Crippen molar-refractivity contribution in [3.63, 3.8) is 0 Å². The Hall–Kier alpha value is -1.98. The van der Waals surface area contributed by atoms with E-state index < -0.39 is 0 Å². The smallest absolute Gasteiger partial charge is 0.225 e. The number of benzene rings is 1. The summed E-state index contributed by atoms with van der Waals surface area (Å²) >= 11 is 0. The van der Waals surface area contributed by atoms with Gasteiger partial charge in [0.1, 0.15) is 0 Å². The Kier molecular flexibility index (Phi) is 5.65. The van der Waals surface area contributed by atoms with E-state index in [0.29, 0.717) is 12.1 Å². The molecular weight excluding hydrogens is 348 g/mol. The number of ether oxygens (including phenoxy) is 1. The van der Waals surface area contributed by atoms with Crippen LogP contribution in [-0.2, 0) is 17.7 Å². The third kappa shape index (κ3) is 4.53. The second-order valence-corrected chi connectivity index (χ2v) is 9.06. The Balaban J connectivity index is 1.54. The predicted octanol–water partition coefficient (Wildman–Crippen LogP) is 3.90. The largest absolute Gasteiger partial charge is 0.381 e. The molecule has 0 radical (unpaired) electrons. The minimum atomic E-state index is 0.236. The van der Waals surface area contributed by atoms with E-state index in [9.17, 15) is 0 Å². The van der Waals surface area contributed by atoms with Crippen LogP contribution in [0.4, 0.5) is 5.95 Å². The second kappa shape index (κ2) is 8.18. The van der Waals surface area contributed by atoms with Crippen molar-refractivity contribution in [3.8, 4) is 0 Å². The molecule has 1 aliphatic carbocycles. The average Bonchev–Trinajstić information content (AvgIpc) is 2.68. The molecule has 2 aromatic rings. The van der Waals surface area contributed by atoms with Crippen LogP contribution in [-0.4, -0.2) is 36.3 Å². The zero-order chi connectivity index (χ0) is 19.6. The lowest BCUT2D eigenvalue weighted by Gasteiger charge is -2.39. The molecule has 1 N–H and O–H groups in total. The highest BCUT2D eigenvalue weighted by Crippen LogP contribution is 2.40. The summed E-state index contributed by atoms with van der Waals surface area (Å²) in [5, 5.41) is 3.88. The van der Waals surface area contributed by atoms with Gasteiger partial charge in [-0.2, -0.15) is 0 Å². The molecule has 1 atom stereocenters. The molecular formula is C23H32N4O. The Morgan fingerprint density at radius 3 is 2.68 bits per heavy atom. The van der Waals surface area contributed by atoms with Crippen molar-refractivity contribution in [2.75, 3.05) is 25.2 Å². The Labute approximate surface area is 168 Å². The van der Waals surface area contributed by atoms with Crippen LogP contribution in [0.15, 0.2) is 36.5 Å². The number of fused-ring (bicyclic) bond motifs is 1. The summed E-state index contributed by atoms with van der Waals surface area (Å²) in [5.41, 5.74) is 3.98. The summed E-state index contributed by atoms with van der Waals surface area (Å²) in [7, 11) is 2.07. The first-order chi connectivity index (χ1) is 13.5. The molecule has 0 spiro atoms. The van der Waals surface area contributed by atoms with E-state index >= 15 is 0 Å². The van der Waals surface area contributed by atoms with E-state index in [2.05, 4.69) is 61.6 Å². The SMILES string of the molecule is CN(Cc1ccccc1)c1ncc2c(n1)CC(C)(C)C[C@H]2NC1CCOCC1. The molecule has 1 aromatic heterocycles. The second-order valence-electron chi connectivity index (χ2n) is 9.06. The van der Waals surface area contributed by atoms with Crippen molar-refractivity contribution in [2.45, 2.75) is 58.2 Å². The first kappa shape index (κ1) is 19.3. The van der Waals surface area contributed by atoms with E-state index in [1.807, 2.05) is 6.07 Å². The van der Waals surface area contributed by atoms with Gasteiger partial charge in [0.25, 0.3) is 0 Å². The average molecular weight is 381 g/mol. The minimum Gasteiger partial charge on any atom is -0.381 e. The summed E-state index contributed by atoms with van der Waals surface area (Å²) in [6.45, 7) is 7.24. The standard InChI is InChI=1S/C23H32N4O/c1-23(2)13-20(25-18-9-11-28-12-10-18)19-15-24-22(26-21(19)14-23)27(3)16-17-7-5-4-6-8-17/h4-8,15,18,20,25H,9-14,16H2,1-3H3/t20-/m1/s1. The normalized spacial score (nSPS) is 21.9. The Bertz CT molecular complexity index is 786. The van der Waals surface area contributed by atoms with Crippen molar-refractivity contribution >= 4 is 5.95 Å². The van der Waals surface area contributed by atoms with Crippen molar-refractivity contribution in [3.05, 3.63) is 53.3 Å². The van der Waals surface area contributed by atoms with E-state index in [-0.39, 0.29) is 5.41 Å². The van der Waals surface area contributed by atoms with Crippen molar-refractivity contribution < 1.29 is 4.74 Å². The highest BCUT2D eigenvalue weighted by molar-refractivity contribution is 5.37. The summed E-state index contributed by atoms with van der Waals surface area (Å²) in [5.74, 6) is 0.810. The topological polar surface area (TPSA) is 50.3 Å². The van der Waals surface area contributed by atoms with Gasteiger partial charge in [0.2, 0.25) is 5.95 Å². The predicted molar refractivity (Wildman–Crippen MR) is 112 cm³/mol. The highest BCUT2D eigenvalue weighted by atomic mass is 16.5. The third-order valence-corrected chi connectivity index (χ3v) is 5.93. The first-order valence-electron chi connectivity index (χ1n) is 10.4. The molecule has 0 amide bonds. The minimum absolute atomic E-state index is 0.236. The number of nitrogens with zero attached hydrogens (tertiary/aromatic N) is 3. The van der Waals surface area contributed by atoms with E-state index in [4.69, 9.17) is 14.7 Å². The van der Waals surface area contributed by atoms with Gasteiger partial charge in [0, 0.05) is 50.7 Å². The lowest BCUT2D eigenvalue weighted by Crippen LogP contribution is -2.42. The van der Waals surface area contributed by atoms with Crippen molar-refractivity contribution in [1.82, 2.24) is 15.3 Å². The van der Waals surface area contributed by atoms with E-state index in [1.165, 1.54) is 16.8 Å². The van der Waals surface area contributed by atoms with Crippen molar-refractivity contribution in [1.29, 1.82) is 0 Å². The van der Waals surface area contributed by atoms with Gasteiger partial charge in [-0.25, -0.2) is 9.97 Å². The van der Waals surface area contributed by atoms with Gasteiger partial charge >= 0.3 is 0 Å². The molecule has 150 valence electrons. The van der Waals surface area contributed by atoms with Gasteiger partial charge in [-0.15, -0.1) is 0 Å². The molecule has 1 fully saturated rings. The maximum Gasteiger partial charge on any atom is 0.225 e. The number of rotatable bonds is 5. The van der Waals surface area contributed by atoms with Crippen LogP contribution < -0.4 is 10.2 Å². The zero-order valence-corrected chi connectivity index (χ0v) is 17.3. The molecule has 1 aliphatic heterocycles. The number of anilines is 1. The van der Waals surface area contributed by atoms with Gasteiger partial charge in [0.15, 0.2) is 0 Å². The highest BCUT2D eigenvalue weighted by Gasteiger charge is 2.35. The molecule has 4 rings (SSSR count). The van der Waals surface area contributed by atoms with Gasteiger partial charge in [-0.05, 0) is 36.7 Å². The number of aromatic nitrogens is 2. The van der Waals surface area contributed by atoms with E-state index in [0.717, 1.165) is 51.4 Å². The fraction of sp³-hybridized carbons (Fsp3) is 0.565. The number of hydrogen-bond acceptors (Lipinski definition) is 5. The van der Waals surface area contributed by atoms with Gasteiger partial charge in [0.05, 0.1) is 5.69 Å². The summed E-state index contributed by atoms with van der Waals surface area (Å²) in [6.07, 6.45) is 6.37. The quantitative estimate of drug-likeness (QED) is 0.853. The van der Waals surface area contributed by atoms with Crippen LogP contribution in [0.1, 0.15) is 56.0 Å². The lowest BCUT2D eigenvalue weighted by atomic mass is 9.74. The fourth-order valence-electron chi connectivity index (χ4n) is 4.45.